The highest BCUT2D eigenvalue weighted by Crippen LogP contribution is 2.19. The molecule has 0 aliphatic carbocycles. The van der Waals surface area contributed by atoms with Crippen LogP contribution in [0.15, 0.2) is 36.5 Å². The van der Waals surface area contributed by atoms with E-state index in [2.05, 4.69) is 15.6 Å². The highest BCUT2D eigenvalue weighted by Gasteiger charge is 2.20. The number of aryl methyl sites for hydroxylation is 1. The molecule has 0 atom stereocenters. The zero-order valence-electron chi connectivity index (χ0n) is 13.1. The van der Waals surface area contributed by atoms with Gasteiger partial charge in [-0.2, -0.15) is 0 Å². The first-order valence-corrected chi connectivity index (χ1v) is 7.36. The van der Waals surface area contributed by atoms with Crippen LogP contribution in [0.25, 0.3) is 0 Å². The Morgan fingerprint density at radius 3 is 2.75 bits per heavy atom. The van der Waals surface area contributed by atoms with E-state index in [1.54, 1.807) is 6.20 Å². The van der Waals surface area contributed by atoms with Crippen LogP contribution in [-0.4, -0.2) is 28.9 Å². The minimum absolute atomic E-state index is 0.284. The quantitative estimate of drug-likeness (QED) is 0.461. The fraction of sp³-hybridized carbons (Fsp3) is 0.250. The number of aromatic nitrogens is 1. The van der Waals surface area contributed by atoms with Crippen LogP contribution >= 0.6 is 0 Å². The van der Waals surface area contributed by atoms with E-state index in [9.17, 15) is 19.3 Å². The van der Waals surface area contributed by atoms with Crippen molar-refractivity contribution in [1.82, 2.24) is 10.3 Å². The summed E-state index contributed by atoms with van der Waals surface area (Å²) in [6.07, 6.45) is 2.33. The van der Waals surface area contributed by atoms with Crippen LogP contribution in [0.4, 0.5) is 15.9 Å². The molecule has 1 amide bonds. The van der Waals surface area contributed by atoms with Gasteiger partial charge in [0.05, 0.1) is 4.92 Å². The molecule has 7 nitrogen and oxygen atoms in total. The molecule has 2 N–H and O–H groups in total. The molecule has 0 aliphatic heterocycles. The summed E-state index contributed by atoms with van der Waals surface area (Å²) >= 11 is 0. The molecule has 0 fully saturated rings. The summed E-state index contributed by atoms with van der Waals surface area (Å²) in [5.74, 6) is -0.639. The Morgan fingerprint density at radius 1 is 1.29 bits per heavy atom. The molecular weight excluding hydrogens is 315 g/mol. The van der Waals surface area contributed by atoms with E-state index in [0.717, 1.165) is 29.6 Å². The number of nitrogens with one attached hydrogen (secondary N) is 2. The number of nitro benzene ring substituents is 1. The summed E-state index contributed by atoms with van der Waals surface area (Å²) in [6, 6.07) is 6.58. The van der Waals surface area contributed by atoms with Crippen LogP contribution in [0.2, 0.25) is 0 Å². The largest absolute Gasteiger partial charge is 0.370 e. The van der Waals surface area contributed by atoms with Gasteiger partial charge in [-0.15, -0.1) is 0 Å². The molecule has 1 aromatic heterocycles. The summed E-state index contributed by atoms with van der Waals surface area (Å²) in [5, 5.41) is 16.5. The first-order chi connectivity index (χ1) is 11.5. The highest BCUT2D eigenvalue weighted by molar-refractivity contribution is 5.98. The van der Waals surface area contributed by atoms with Crippen molar-refractivity contribution in [3.63, 3.8) is 0 Å². The van der Waals surface area contributed by atoms with E-state index in [0.29, 0.717) is 19.5 Å². The summed E-state index contributed by atoms with van der Waals surface area (Å²) in [5.41, 5.74) is 0.355. The fourth-order valence-electron chi connectivity index (χ4n) is 2.02. The molecule has 0 radical (unpaired) electrons. The Hall–Kier alpha value is -3.03. The molecule has 126 valence electrons. The number of carbonyl (C=O) groups excluding carboxylic acids is 1. The van der Waals surface area contributed by atoms with Crippen molar-refractivity contribution in [3.05, 3.63) is 63.6 Å². The molecular formula is C16H17FN4O3. The van der Waals surface area contributed by atoms with Gasteiger partial charge in [0.1, 0.15) is 17.2 Å². The normalized spacial score (nSPS) is 10.2. The van der Waals surface area contributed by atoms with Gasteiger partial charge in [-0.25, -0.2) is 9.37 Å². The number of hydrogen-bond acceptors (Lipinski definition) is 5. The van der Waals surface area contributed by atoms with Crippen molar-refractivity contribution >= 4 is 17.4 Å². The number of nitro groups is 1. The third-order valence-corrected chi connectivity index (χ3v) is 3.26. The molecule has 24 heavy (non-hydrogen) atoms. The lowest BCUT2D eigenvalue weighted by Crippen LogP contribution is -2.26. The lowest BCUT2D eigenvalue weighted by Gasteiger charge is -2.08. The fourth-order valence-corrected chi connectivity index (χ4v) is 2.02. The second kappa shape index (κ2) is 8.00. The van der Waals surface area contributed by atoms with Crippen LogP contribution in [0.1, 0.15) is 22.3 Å². The minimum atomic E-state index is -0.709. The number of pyridine rings is 1. The second-order valence-corrected chi connectivity index (χ2v) is 5.18. The molecule has 1 heterocycles. The monoisotopic (exact) mass is 332 g/mol. The molecule has 0 spiro atoms. The number of rotatable bonds is 7. The van der Waals surface area contributed by atoms with E-state index in [1.807, 2.05) is 19.1 Å². The Kier molecular flexibility index (Phi) is 5.78. The van der Waals surface area contributed by atoms with Gasteiger partial charge in [0, 0.05) is 25.4 Å². The highest BCUT2D eigenvalue weighted by atomic mass is 19.1. The SMILES string of the molecule is Cc1ccc(NCCCNC(=O)c2cc(F)ccc2[N+](=O)[O-])nc1. The van der Waals surface area contributed by atoms with Crippen LogP contribution in [0.3, 0.4) is 0 Å². The van der Waals surface area contributed by atoms with Gasteiger partial charge >= 0.3 is 0 Å². The topological polar surface area (TPSA) is 97.2 Å². The predicted molar refractivity (Wildman–Crippen MR) is 87.5 cm³/mol. The number of amides is 1. The van der Waals surface area contributed by atoms with Gasteiger partial charge in [0.25, 0.3) is 11.6 Å². The van der Waals surface area contributed by atoms with Crippen molar-refractivity contribution in [2.45, 2.75) is 13.3 Å². The molecule has 0 aliphatic rings. The number of anilines is 1. The summed E-state index contributed by atoms with van der Waals surface area (Å²) in [4.78, 5) is 26.3. The molecule has 8 heteroatoms. The van der Waals surface area contributed by atoms with E-state index < -0.39 is 22.3 Å². The Morgan fingerprint density at radius 2 is 2.08 bits per heavy atom. The van der Waals surface area contributed by atoms with Gasteiger partial charge in [-0.3, -0.25) is 14.9 Å². The van der Waals surface area contributed by atoms with Gasteiger partial charge in [-0.05, 0) is 37.1 Å². The Labute approximate surface area is 138 Å². The maximum Gasteiger partial charge on any atom is 0.282 e. The predicted octanol–water partition coefficient (Wildman–Crippen LogP) is 2.67. The Bertz CT molecular complexity index is 735. The van der Waals surface area contributed by atoms with Crippen molar-refractivity contribution in [3.8, 4) is 0 Å². The number of halogens is 1. The molecule has 0 unspecified atom stereocenters. The van der Waals surface area contributed by atoms with E-state index >= 15 is 0 Å². The number of benzene rings is 1. The van der Waals surface area contributed by atoms with E-state index in [4.69, 9.17) is 0 Å². The molecule has 1 aromatic carbocycles. The standard InChI is InChI=1S/C16H17FN4O3/c1-11-3-6-15(20-10-11)18-7-2-8-19-16(22)13-9-12(17)4-5-14(13)21(23)24/h3-6,9-10H,2,7-8H2,1H3,(H,18,20)(H,19,22). The summed E-state index contributed by atoms with van der Waals surface area (Å²) < 4.78 is 13.2. The summed E-state index contributed by atoms with van der Waals surface area (Å²) in [6.45, 7) is 2.81. The summed E-state index contributed by atoms with van der Waals surface area (Å²) in [7, 11) is 0. The second-order valence-electron chi connectivity index (χ2n) is 5.18. The van der Waals surface area contributed by atoms with Crippen LogP contribution in [0, 0.1) is 22.9 Å². The van der Waals surface area contributed by atoms with Gasteiger partial charge in [0.2, 0.25) is 0 Å². The number of hydrogen-bond donors (Lipinski definition) is 2. The molecule has 0 saturated heterocycles. The van der Waals surface area contributed by atoms with Crippen molar-refractivity contribution in [2.75, 3.05) is 18.4 Å². The lowest BCUT2D eigenvalue weighted by atomic mass is 10.1. The lowest BCUT2D eigenvalue weighted by molar-refractivity contribution is -0.385. The van der Waals surface area contributed by atoms with Crippen LogP contribution in [0.5, 0.6) is 0 Å². The molecule has 2 aromatic rings. The Balaban J connectivity index is 1.82. The third-order valence-electron chi connectivity index (χ3n) is 3.26. The average Bonchev–Trinajstić information content (AvgIpc) is 2.55. The van der Waals surface area contributed by atoms with Gasteiger partial charge in [0.15, 0.2) is 0 Å². The first-order valence-electron chi connectivity index (χ1n) is 7.36. The van der Waals surface area contributed by atoms with Crippen LogP contribution < -0.4 is 10.6 Å². The van der Waals surface area contributed by atoms with E-state index in [1.165, 1.54) is 0 Å². The minimum Gasteiger partial charge on any atom is -0.370 e. The van der Waals surface area contributed by atoms with Gasteiger partial charge in [-0.1, -0.05) is 6.07 Å². The van der Waals surface area contributed by atoms with Crippen molar-refractivity contribution in [1.29, 1.82) is 0 Å². The van der Waals surface area contributed by atoms with Crippen molar-refractivity contribution in [2.24, 2.45) is 0 Å². The first kappa shape index (κ1) is 17.3. The number of carbonyl (C=O) groups is 1. The maximum atomic E-state index is 13.2. The van der Waals surface area contributed by atoms with E-state index in [-0.39, 0.29) is 5.56 Å². The van der Waals surface area contributed by atoms with Crippen molar-refractivity contribution < 1.29 is 14.1 Å². The molecule has 0 saturated carbocycles. The zero-order chi connectivity index (χ0) is 17.5. The number of nitrogens with zero attached hydrogens (tertiary/aromatic N) is 2. The average molecular weight is 332 g/mol. The van der Waals surface area contributed by atoms with Crippen LogP contribution in [-0.2, 0) is 0 Å². The molecule has 0 bridgehead atoms. The maximum absolute atomic E-state index is 13.2. The third kappa shape index (κ3) is 4.73. The zero-order valence-corrected chi connectivity index (χ0v) is 13.1. The smallest absolute Gasteiger partial charge is 0.282 e. The van der Waals surface area contributed by atoms with Gasteiger partial charge < -0.3 is 10.6 Å². The molecule has 2 rings (SSSR count).